The van der Waals surface area contributed by atoms with Gasteiger partial charge in [-0.1, -0.05) is 0 Å². The summed E-state index contributed by atoms with van der Waals surface area (Å²) in [5.41, 5.74) is -1.08. The van der Waals surface area contributed by atoms with Gasteiger partial charge in [-0.05, 0) is 32.0 Å². The van der Waals surface area contributed by atoms with E-state index in [0.717, 1.165) is 22.9 Å². The molecule has 0 saturated carbocycles. The maximum absolute atomic E-state index is 12.9. The van der Waals surface area contributed by atoms with E-state index in [1.807, 2.05) is 0 Å². The van der Waals surface area contributed by atoms with Gasteiger partial charge in [0.2, 0.25) is 0 Å². The largest absolute Gasteiger partial charge is 0.460 e. The zero-order valence-corrected chi connectivity index (χ0v) is 13.3. The fourth-order valence-corrected chi connectivity index (χ4v) is 1.90. The smallest absolute Gasteiger partial charge is 0.416 e. The maximum Gasteiger partial charge on any atom is 0.416 e. The molecule has 1 aromatic carbocycles. The first-order valence-corrected chi connectivity index (χ1v) is 7.17. The first-order chi connectivity index (χ1) is 11.7. The quantitative estimate of drug-likeness (QED) is 0.469. The average Bonchev–Trinajstić information content (AvgIpc) is 3.00. The van der Waals surface area contributed by atoms with Crippen LogP contribution in [0.15, 0.2) is 30.6 Å². The Morgan fingerprint density at radius 3 is 2.60 bits per heavy atom. The number of carbonyl (C=O) groups excluding carboxylic acids is 2. The Morgan fingerprint density at radius 2 is 2.00 bits per heavy atom. The Labute approximate surface area is 140 Å². The monoisotopic (exact) mass is 353 g/mol. The van der Waals surface area contributed by atoms with Crippen molar-refractivity contribution in [1.29, 1.82) is 0 Å². The summed E-state index contributed by atoms with van der Waals surface area (Å²) in [4.78, 5) is 26.2. The van der Waals surface area contributed by atoms with Crippen molar-refractivity contribution in [2.75, 3.05) is 0 Å². The number of hydrogen-bond acceptors (Lipinski definition) is 5. The number of aromatic nitrogens is 3. The van der Waals surface area contributed by atoms with E-state index >= 15 is 0 Å². The van der Waals surface area contributed by atoms with Crippen LogP contribution in [-0.2, 0) is 15.7 Å². The number of esters is 1. The van der Waals surface area contributed by atoms with Crippen LogP contribution in [0.1, 0.15) is 29.8 Å². The van der Waals surface area contributed by atoms with Crippen LogP contribution in [0.3, 0.4) is 0 Å². The molecular weight excluding hydrogens is 339 g/mol. The number of halogens is 3. The molecule has 0 aliphatic rings. The van der Waals surface area contributed by atoms with Crippen LogP contribution < -0.4 is 0 Å². The van der Waals surface area contributed by atoms with Crippen LogP contribution in [0.25, 0.3) is 17.6 Å². The molecule has 2 aromatic rings. The second-order valence-corrected chi connectivity index (χ2v) is 5.31. The molecular formula is C16H14F3N3O3. The minimum absolute atomic E-state index is 0.0175. The van der Waals surface area contributed by atoms with Crippen molar-refractivity contribution in [2.24, 2.45) is 0 Å². The van der Waals surface area contributed by atoms with Gasteiger partial charge in [-0.2, -0.15) is 13.2 Å². The summed E-state index contributed by atoms with van der Waals surface area (Å²) in [5, 5.41) is 3.96. The van der Waals surface area contributed by atoms with E-state index in [1.54, 1.807) is 13.8 Å². The van der Waals surface area contributed by atoms with Crippen LogP contribution in [-0.4, -0.2) is 33.1 Å². The lowest BCUT2D eigenvalue weighted by molar-refractivity contribution is -0.141. The number of aldehydes is 1. The highest BCUT2D eigenvalue weighted by Crippen LogP contribution is 2.32. The average molecular weight is 353 g/mol. The molecule has 0 spiro atoms. The summed E-state index contributed by atoms with van der Waals surface area (Å²) in [5.74, 6) is -0.606. The van der Waals surface area contributed by atoms with Gasteiger partial charge in [0.1, 0.15) is 12.6 Å². The second-order valence-electron chi connectivity index (χ2n) is 5.31. The lowest BCUT2D eigenvalue weighted by atomic mass is 10.1. The third kappa shape index (κ3) is 5.00. The molecule has 0 bridgehead atoms. The van der Waals surface area contributed by atoms with Gasteiger partial charge in [-0.3, -0.25) is 4.79 Å². The number of carbonyl (C=O) groups is 2. The molecule has 0 unspecified atom stereocenters. The molecule has 0 fully saturated rings. The van der Waals surface area contributed by atoms with E-state index in [0.29, 0.717) is 6.29 Å². The summed E-state index contributed by atoms with van der Waals surface area (Å²) in [6.45, 7) is 3.38. The van der Waals surface area contributed by atoms with E-state index in [4.69, 9.17) is 4.74 Å². The van der Waals surface area contributed by atoms with Crippen LogP contribution in [0.5, 0.6) is 0 Å². The van der Waals surface area contributed by atoms with E-state index in [-0.39, 0.29) is 23.1 Å². The molecule has 0 aliphatic heterocycles. The van der Waals surface area contributed by atoms with Crippen molar-refractivity contribution >= 4 is 18.5 Å². The molecule has 2 rings (SSSR count). The van der Waals surface area contributed by atoms with E-state index in [9.17, 15) is 22.8 Å². The molecule has 9 heteroatoms. The second kappa shape index (κ2) is 7.29. The van der Waals surface area contributed by atoms with Crippen LogP contribution in [0, 0.1) is 0 Å². The fraction of sp³-hybridized carbons (Fsp3) is 0.250. The first kappa shape index (κ1) is 18.4. The van der Waals surface area contributed by atoms with Gasteiger partial charge >= 0.3 is 12.1 Å². The predicted molar refractivity (Wildman–Crippen MR) is 82.4 cm³/mol. The summed E-state index contributed by atoms with van der Waals surface area (Å²) in [6.07, 6.45) is -0.976. The van der Waals surface area contributed by atoms with E-state index in [2.05, 4.69) is 10.1 Å². The van der Waals surface area contributed by atoms with Gasteiger partial charge in [-0.25, -0.2) is 14.5 Å². The highest BCUT2D eigenvalue weighted by Gasteiger charge is 2.31. The number of benzene rings is 1. The van der Waals surface area contributed by atoms with Crippen LogP contribution >= 0.6 is 0 Å². The van der Waals surface area contributed by atoms with E-state index in [1.165, 1.54) is 18.6 Å². The number of nitrogens with zero attached hydrogens (tertiary/aromatic N) is 3. The Hall–Kier alpha value is -2.97. The van der Waals surface area contributed by atoms with Crippen LogP contribution in [0.4, 0.5) is 13.2 Å². The van der Waals surface area contributed by atoms with Crippen molar-refractivity contribution in [2.45, 2.75) is 26.1 Å². The van der Waals surface area contributed by atoms with Crippen molar-refractivity contribution in [1.82, 2.24) is 14.8 Å². The molecule has 0 atom stereocenters. The number of hydrogen-bond donors (Lipinski definition) is 0. The normalized spacial score (nSPS) is 11.9. The summed E-state index contributed by atoms with van der Waals surface area (Å²) >= 11 is 0. The number of ether oxygens (including phenoxy) is 1. The summed E-state index contributed by atoms with van der Waals surface area (Å²) in [7, 11) is 0. The molecule has 0 aliphatic carbocycles. The zero-order valence-electron chi connectivity index (χ0n) is 13.3. The highest BCUT2D eigenvalue weighted by molar-refractivity contribution is 5.85. The molecule has 0 radical (unpaired) electrons. The molecule has 0 N–H and O–H groups in total. The van der Waals surface area contributed by atoms with E-state index < -0.39 is 17.7 Å². The van der Waals surface area contributed by atoms with Crippen molar-refractivity contribution in [3.05, 3.63) is 41.7 Å². The Kier molecular flexibility index (Phi) is 5.35. The molecule has 25 heavy (non-hydrogen) atoms. The standard InChI is InChI=1S/C16H14F3N3O3/c1-10(2)25-14(24)3-4-22-9-20-15(21-22)12-5-11(8-23)6-13(7-12)16(17,18)19/h3-10H,1-2H3/b4-3-. The Morgan fingerprint density at radius 1 is 1.28 bits per heavy atom. The third-order valence-electron chi connectivity index (χ3n) is 2.90. The maximum atomic E-state index is 12.9. The Balaban J connectivity index is 2.29. The van der Waals surface area contributed by atoms with Gasteiger partial charge in [-0.15, -0.1) is 5.10 Å². The fourth-order valence-electron chi connectivity index (χ4n) is 1.90. The molecule has 0 saturated heterocycles. The van der Waals surface area contributed by atoms with Gasteiger partial charge in [0.25, 0.3) is 0 Å². The predicted octanol–water partition coefficient (Wildman–Crippen LogP) is 3.20. The molecule has 1 heterocycles. The third-order valence-corrected chi connectivity index (χ3v) is 2.90. The molecule has 6 nitrogen and oxygen atoms in total. The molecule has 1 aromatic heterocycles. The summed E-state index contributed by atoms with van der Waals surface area (Å²) < 4.78 is 44.7. The van der Waals surface area contributed by atoms with Gasteiger partial charge in [0.15, 0.2) is 5.82 Å². The zero-order chi connectivity index (χ0) is 18.6. The lowest BCUT2D eigenvalue weighted by Gasteiger charge is -2.08. The van der Waals surface area contributed by atoms with Gasteiger partial charge < -0.3 is 4.74 Å². The van der Waals surface area contributed by atoms with Crippen molar-refractivity contribution < 1.29 is 27.5 Å². The van der Waals surface area contributed by atoms with Gasteiger partial charge in [0, 0.05) is 23.4 Å². The molecule has 132 valence electrons. The number of alkyl halides is 3. The van der Waals surface area contributed by atoms with Gasteiger partial charge in [0.05, 0.1) is 11.7 Å². The highest BCUT2D eigenvalue weighted by atomic mass is 19.4. The minimum Gasteiger partial charge on any atom is -0.460 e. The lowest BCUT2D eigenvalue weighted by Crippen LogP contribution is -2.08. The first-order valence-electron chi connectivity index (χ1n) is 7.17. The topological polar surface area (TPSA) is 74.1 Å². The van der Waals surface area contributed by atoms with Crippen molar-refractivity contribution in [3.63, 3.8) is 0 Å². The minimum atomic E-state index is -4.60. The van der Waals surface area contributed by atoms with Crippen molar-refractivity contribution in [3.8, 4) is 11.4 Å². The molecule has 0 amide bonds. The van der Waals surface area contributed by atoms with Crippen LogP contribution in [0.2, 0.25) is 0 Å². The Bertz CT molecular complexity index is 810. The summed E-state index contributed by atoms with van der Waals surface area (Å²) in [6, 6.07) is 2.84. The SMILES string of the molecule is CC(C)OC(=O)/C=C\n1cnc(-c2cc(C=O)cc(C(F)(F)F)c2)n1. The number of rotatable bonds is 5.